The van der Waals surface area contributed by atoms with Gasteiger partial charge >= 0.3 is 0 Å². The molecule has 1 N–H and O–H groups in total. The lowest BCUT2D eigenvalue weighted by Crippen LogP contribution is -2.47. The van der Waals surface area contributed by atoms with Crippen molar-refractivity contribution in [2.75, 3.05) is 33.2 Å². The van der Waals surface area contributed by atoms with Crippen molar-refractivity contribution < 1.29 is 13.2 Å². The Labute approximate surface area is 186 Å². The fourth-order valence-corrected chi connectivity index (χ4v) is 5.30. The molecule has 6 nitrogen and oxygen atoms in total. The zero-order valence-corrected chi connectivity index (χ0v) is 19.7. The van der Waals surface area contributed by atoms with E-state index in [0.29, 0.717) is 37.7 Å². The molecular weight excluding hydrogens is 410 g/mol. The maximum Gasteiger partial charge on any atom is 0.252 e. The summed E-state index contributed by atoms with van der Waals surface area (Å²) >= 11 is 0. The minimum absolute atomic E-state index is 0.133. The second-order valence-electron chi connectivity index (χ2n) is 8.75. The van der Waals surface area contributed by atoms with E-state index in [0.717, 1.165) is 17.5 Å². The number of piperazine rings is 1. The summed E-state index contributed by atoms with van der Waals surface area (Å²) in [6.07, 6.45) is 0.800. The number of hydrogen-bond donors (Lipinski definition) is 1. The molecule has 0 saturated carbocycles. The molecule has 1 amide bonds. The van der Waals surface area contributed by atoms with E-state index in [1.807, 2.05) is 44.3 Å². The van der Waals surface area contributed by atoms with Gasteiger partial charge in [0.1, 0.15) is 0 Å². The van der Waals surface area contributed by atoms with E-state index in [9.17, 15) is 13.2 Å². The van der Waals surface area contributed by atoms with Gasteiger partial charge in [0.2, 0.25) is 10.0 Å². The van der Waals surface area contributed by atoms with Gasteiger partial charge < -0.3 is 10.2 Å². The lowest BCUT2D eigenvalue weighted by atomic mass is 9.96. The molecule has 0 radical (unpaired) electrons. The van der Waals surface area contributed by atoms with Crippen LogP contribution in [0.4, 0.5) is 0 Å². The van der Waals surface area contributed by atoms with Gasteiger partial charge in [-0.15, -0.1) is 0 Å². The highest BCUT2D eigenvalue weighted by Crippen LogP contribution is 2.24. The van der Waals surface area contributed by atoms with Gasteiger partial charge in [-0.2, -0.15) is 4.31 Å². The van der Waals surface area contributed by atoms with Gasteiger partial charge in [-0.1, -0.05) is 50.2 Å². The van der Waals surface area contributed by atoms with Crippen LogP contribution in [0.25, 0.3) is 0 Å². The topological polar surface area (TPSA) is 69.7 Å². The zero-order chi connectivity index (χ0) is 22.6. The first kappa shape index (κ1) is 23.4. The molecule has 0 aliphatic carbocycles. The third-order valence-corrected chi connectivity index (χ3v) is 7.66. The third kappa shape index (κ3) is 5.73. The van der Waals surface area contributed by atoms with Crippen LogP contribution in [0.1, 0.15) is 47.8 Å². The number of likely N-dealkylation sites (N-methyl/N-ethyl adjacent to an activating group) is 1. The average Bonchev–Trinajstić information content (AvgIpc) is 2.74. The molecule has 1 unspecified atom stereocenters. The summed E-state index contributed by atoms with van der Waals surface area (Å²) in [4.78, 5) is 15.5. The summed E-state index contributed by atoms with van der Waals surface area (Å²) in [6, 6.07) is 14.6. The molecule has 1 fully saturated rings. The minimum Gasteiger partial charge on any atom is -0.345 e. The molecule has 1 aliphatic rings. The molecule has 0 spiro atoms. The maximum atomic E-state index is 13.2. The van der Waals surface area contributed by atoms with Crippen molar-refractivity contribution in [3.8, 4) is 0 Å². The van der Waals surface area contributed by atoms with Crippen molar-refractivity contribution in [2.45, 2.75) is 38.1 Å². The molecular formula is C24H33N3O3S. The number of nitrogens with zero attached hydrogens (tertiary/aromatic N) is 2. The normalized spacial score (nSPS) is 16.9. The van der Waals surface area contributed by atoms with Crippen molar-refractivity contribution in [3.63, 3.8) is 0 Å². The molecule has 0 bridgehead atoms. The molecule has 1 heterocycles. The Morgan fingerprint density at radius 2 is 1.68 bits per heavy atom. The molecule has 3 rings (SSSR count). The number of carbonyl (C=O) groups excluding carboxylic acids is 1. The molecule has 1 atom stereocenters. The molecule has 0 aromatic heterocycles. The Morgan fingerprint density at radius 1 is 1.03 bits per heavy atom. The Hall–Kier alpha value is -2.22. The molecule has 31 heavy (non-hydrogen) atoms. The predicted octanol–water partition coefficient (Wildman–Crippen LogP) is 3.45. The first-order valence-electron chi connectivity index (χ1n) is 10.8. The number of benzene rings is 2. The Balaban J connectivity index is 1.85. The Kier molecular flexibility index (Phi) is 7.51. The molecule has 1 saturated heterocycles. The summed E-state index contributed by atoms with van der Waals surface area (Å²) in [6.45, 7) is 8.39. The van der Waals surface area contributed by atoms with Crippen LogP contribution in [0.15, 0.2) is 53.4 Å². The highest BCUT2D eigenvalue weighted by atomic mass is 32.2. The predicted molar refractivity (Wildman–Crippen MR) is 124 cm³/mol. The van der Waals surface area contributed by atoms with Crippen LogP contribution in [0, 0.1) is 12.8 Å². The van der Waals surface area contributed by atoms with Gasteiger partial charge in [0.05, 0.1) is 10.9 Å². The Morgan fingerprint density at radius 3 is 2.29 bits per heavy atom. The fraction of sp³-hybridized carbons (Fsp3) is 0.458. The lowest BCUT2D eigenvalue weighted by Gasteiger charge is -2.31. The van der Waals surface area contributed by atoms with Crippen molar-refractivity contribution >= 4 is 15.9 Å². The van der Waals surface area contributed by atoms with Crippen LogP contribution in [0.3, 0.4) is 0 Å². The van der Waals surface area contributed by atoms with E-state index in [1.165, 1.54) is 10.4 Å². The summed E-state index contributed by atoms with van der Waals surface area (Å²) < 4.78 is 27.8. The van der Waals surface area contributed by atoms with E-state index in [1.54, 1.807) is 12.1 Å². The van der Waals surface area contributed by atoms with E-state index in [2.05, 4.69) is 24.1 Å². The Bertz CT molecular complexity index is 998. The molecule has 7 heteroatoms. The summed E-state index contributed by atoms with van der Waals surface area (Å²) in [5.41, 5.74) is 2.20. The van der Waals surface area contributed by atoms with Gasteiger partial charge in [-0.3, -0.25) is 4.79 Å². The van der Waals surface area contributed by atoms with E-state index >= 15 is 0 Å². The summed E-state index contributed by atoms with van der Waals surface area (Å²) in [7, 11) is -1.65. The van der Waals surface area contributed by atoms with Crippen LogP contribution >= 0.6 is 0 Å². The first-order valence-corrected chi connectivity index (χ1v) is 12.3. The highest BCUT2D eigenvalue weighted by Gasteiger charge is 2.28. The van der Waals surface area contributed by atoms with Crippen molar-refractivity contribution in [2.24, 2.45) is 5.92 Å². The monoisotopic (exact) mass is 443 g/mol. The van der Waals surface area contributed by atoms with Gasteiger partial charge in [-0.05, 0) is 49.6 Å². The molecule has 2 aromatic rings. The van der Waals surface area contributed by atoms with E-state index in [-0.39, 0.29) is 16.8 Å². The van der Waals surface area contributed by atoms with Crippen molar-refractivity contribution in [1.29, 1.82) is 0 Å². The first-order chi connectivity index (χ1) is 14.7. The fourth-order valence-electron chi connectivity index (χ4n) is 3.85. The quantitative estimate of drug-likeness (QED) is 0.712. The summed E-state index contributed by atoms with van der Waals surface area (Å²) in [5.74, 6) is 0.151. The number of sulfonamides is 1. The van der Waals surface area contributed by atoms with E-state index < -0.39 is 10.0 Å². The van der Waals surface area contributed by atoms with E-state index in [4.69, 9.17) is 0 Å². The smallest absolute Gasteiger partial charge is 0.252 e. The zero-order valence-electron chi connectivity index (χ0n) is 18.8. The highest BCUT2D eigenvalue weighted by molar-refractivity contribution is 7.89. The number of carbonyl (C=O) groups is 1. The molecule has 168 valence electrons. The second kappa shape index (κ2) is 9.94. The van der Waals surface area contributed by atoms with Crippen molar-refractivity contribution in [1.82, 2.24) is 14.5 Å². The maximum absolute atomic E-state index is 13.2. The molecule has 1 aliphatic heterocycles. The largest absolute Gasteiger partial charge is 0.345 e. The average molecular weight is 444 g/mol. The van der Waals surface area contributed by atoms with Crippen LogP contribution < -0.4 is 5.32 Å². The standard InChI is InChI=1S/C24H33N3O3S/c1-18(2)16-23(20-8-6-5-7-9-20)25-24(28)22-17-21(11-10-19(22)3)31(29,30)27-14-12-26(4)13-15-27/h5-11,17-18,23H,12-16H2,1-4H3,(H,25,28). The minimum atomic E-state index is -3.63. The number of nitrogens with one attached hydrogen (secondary N) is 1. The van der Waals surface area contributed by atoms with Crippen LogP contribution in [0.5, 0.6) is 0 Å². The number of rotatable bonds is 7. The summed E-state index contributed by atoms with van der Waals surface area (Å²) in [5, 5.41) is 3.13. The number of aryl methyl sites for hydroxylation is 1. The second-order valence-corrected chi connectivity index (χ2v) is 10.7. The molecule has 2 aromatic carbocycles. The lowest BCUT2D eigenvalue weighted by molar-refractivity contribution is 0.0931. The van der Waals surface area contributed by atoms with Gasteiger partial charge in [0, 0.05) is 31.7 Å². The number of hydrogen-bond acceptors (Lipinski definition) is 4. The number of amides is 1. The van der Waals surface area contributed by atoms with Gasteiger partial charge in [-0.25, -0.2) is 8.42 Å². The van der Waals surface area contributed by atoms with Gasteiger partial charge in [0.25, 0.3) is 5.91 Å². The van der Waals surface area contributed by atoms with Crippen LogP contribution in [-0.4, -0.2) is 56.8 Å². The van der Waals surface area contributed by atoms with Gasteiger partial charge in [0.15, 0.2) is 0 Å². The third-order valence-electron chi connectivity index (χ3n) is 5.77. The van der Waals surface area contributed by atoms with Crippen molar-refractivity contribution in [3.05, 3.63) is 65.2 Å². The SMILES string of the molecule is Cc1ccc(S(=O)(=O)N2CCN(C)CC2)cc1C(=O)NC(CC(C)C)c1ccccc1. The van der Waals surface area contributed by atoms with Crippen LogP contribution in [0.2, 0.25) is 0 Å². The van der Waals surface area contributed by atoms with Crippen LogP contribution in [-0.2, 0) is 10.0 Å².